The van der Waals surface area contributed by atoms with E-state index in [0.717, 1.165) is 34.9 Å². The van der Waals surface area contributed by atoms with Gasteiger partial charge in [-0.1, -0.05) is 42.6 Å². The number of carbonyl (C=O) groups excluding carboxylic acids is 1. The van der Waals surface area contributed by atoms with E-state index in [4.69, 9.17) is 11.6 Å². The Kier molecular flexibility index (Phi) is 5.76. The zero-order valence-electron chi connectivity index (χ0n) is 14.8. The van der Waals surface area contributed by atoms with Gasteiger partial charge in [0.2, 0.25) is 5.91 Å². The van der Waals surface area contributed by atoms with Gasteiger partial charge in [0.05, 0.1) is 12.2 Å². The molecular formula is C19H25ClN4O. The molecule has 1 aromatic carbocycles. The Balaban J connectivity index is 1.70. The lowest BCUT2D eigenvalue weighted by atomic mass is 10.1. The predicted molar refractivity (Wildman–Crippen MR) is 101 cm³/mol. The number of aryl methyl sites for hydroxylation is 2. The van der Waals surface area contributed by atoms with Crippen molar-refractivity contribution in [3.8, 4) is 0 Å². The van der Waals surface area contributed by atoms with Gasteiger partial charge in [-0.2, -0.15) is 5.10 Å². The van der Waals surface area contributed by atoms with Gasteiger partial charge >= 0.3 is 0 Å². The first kappa shape index (κ1) is 18.0. The van der Waals surface area contributed by atoms with Gasteiger partial charge in [0, 0.05) is 30.7 Å². The fourth-order valence-electron chi connectivity index (χ4n) is 3.52. The lowest BCUT2D eigenvalue weighted by Gasteiger charge is -2.28. The van der Waals surface area contributed by atoms with Crippen molar-refractivity contribution in [2.45, 2.75) is 45.2 Å². The minimum atomic E-state index is -0.0121. The van der Waals surface area contributed by atoms with Crippen LogP contribution in [0.25, 0.3) is 0 Å². The minimum Gasteiger partial charge on any atom is -0.310 e. The van der Waals surface area contributed by atoms with Crippen LogP contribution in [0, 0.1) is 6.92 Å². The van der Waals surface area contributed by atoms with E-state index >= 15 is 0 Å². The summed E-state index contributed by atoms with van der Waals surface area (Å²) in [5, 5.41) is 8.00. The Morgan fingerprint density at radius 2 is 2.08 bits per heavy atom. The van der Waals surface area contributed by atoms with Crippen LogP contribution in [0.15, 0.2) is 30.3 Å². The monoisotopic (exact) mass is 360 g/mol. The van der Waals surface area contributed by atoms with E-state index in [1.54, 1.807) is 4.68 Å². The fourth-order valence-corrected chi connectivity index (χ4v) is 3.72. The molecule has 1 fully saturated rings. The normalized spacial score (nSPS) is 15.0. The summed E-state index contributed by atoms with van der Waals surface area (Å²) in [5.41, 5.74) is 1.96. The van der Waals surface area contributed by atoms with Gasteiger partial charge in [-0.3, -0.25) is 14.4 Å². The SMILES string of the molecule is Cc1cc(NC(=O)CN(Cc2ccccc2Cl)C2CCCC2)n(C)n1. The van der Waals surface area contributed by atoms with E-state index < -0.39 is 0 Å². The van der Waals surface area contributed by atoms with Crippen LogP contribution in [0.5, 0.6) is 0 Å². The second-order valence-electron chi connectivity index (χ2n) is 6.78. The Morgan fingerprint density at radius 3 is 2.72 bits per heavy atom. The molecule has 1 saturated carbocycles. The highest BCUT2D eigenvalue weighted by Crippen LogP contribution is 2.26. The summed E-state index contributed by atoms with van der Waals surface area (Å²) in [6.07, 6.45) is 4.74. The van der Waals surface area contributed by atoms with Crippen molar-refractivity contribution in [2.24, 2.45) is 7.05 Å². The van der Waals surface area contributed by atoms with E-state index in [2.05, 4.69) is 15.3 Å². The van der Waals surface area contributed by atoms with Crippen LogP contribution in [-0.4, -0.2) is 33.2 Å². The van der Waals surface area contributed by atoms with Crippen molar-refractivity contribution in [1.29, 1.82) is 0 Å². The van der Waals surface area contributed by atoms with Crippen LogP contribution in [0.3, 0.4) is 0 Å². The Labute approximate surface area is 154 Å². The quantitative estimate of drug-likeness (QED) is 0.853. The number of nitrogens with zero attached hydrogens (tertiary/aromatic N) is 3. The third kappa shape index (κ3) is 4.61. The summed E-state index contributed by atoms with van der Waals surface area (Å²) in [6, 6.07) is 10.2. The van der Waals surface area contributed by atoms with Crippen molar-refractivity contribution in [3.63, 3.8) is 0 Å². The summed E-state index contributed by atoms with van der Waals surface area (Å²) < 4.78 is 1.70. The zero-order chi connectivity index (χ0) is 17.8. The standard InChI is InChI=1S/C19H25ClN4O/c1-14-11-18(23(2)22-14)21-19(25)13-24(16-8-4-5-9-16)12-15-7-3-6-10-17(15)20/h3,6-7,10-11,16H,4-5,8-9,12-13H2,1-2H3,(H,21,25). The maximum atomic E-state index is 12.6. The van der Waals surface area contributed by atoms with Crippen LogP contribution >= 0.6 is 11.6 Å². The molecule has 1 aliphatic rings. The number of benzene rings is 1. The average Bonchev–Trinajstić information content (AvgIpc) is 3.19. The van der Waals surface area contributed by atoms with E-state index in [-0.39, 0.29) is 5.91 Å². The van der Waals surface area contributed by atoms with Crippen molar-refractivity contribution in [2.75, 3.05) is 11.9 Å². The second kappa shape index (κ2) is 8.02. The smallest absolute Gasteiger partial charge is 0.239 e. The first-order valence-corrected chi connectivity index (χ1v) is 9.18. The van der Waals surface area contributed by atoms with Gasteiger partial charge < -0.3 is 5.32 Å². The minimum absolute atomic E-state index is 0.0121. The lowest BCUT2D eigenvalue weighted by Crippen LogP contribution is -2.39. The summed E-state index contributed by atoms with van der Waals surface area (Å²) in [5.74, 6) is 0.716. The topological polar surface area (TPSA) is 50.2 Å². The van der Waals surface area contributed by atoms with Crippen LogP contribution in [-0.2, 0) is 18.4 Å². The first-order valence-electron chi connectivity index (χ1n) is 8.81. The molecular weight excluding hydrogens is 336 g/mol. The molecule has 1 amide bonds. The molecule has 25 heavy (non-hydrogen) atoms. The summed E-state index contributed by atoms with van der Waals surface area (Å²) in [4.78, 5) is 14.8. The summed E-state index contributed by atoms with van der Waals surface area (Å²) >= 11 is 6.33. The molecule has 0 aliphatic heterocycles. The molecule has 2 aromatic rings. The molecule has 5 nitrogen and oxygen atoms in total. The molecule has 1 heterocycles. The number of halogens is 1. The van der Waals surface area contributed by atoms with Gasteiger partial charge in [-0.15, -0.1) is 0 Å². The molecule has 0 atom stereocenters. The third-order valence-corrected chi connectivity index (χ3v) is 5.16. The highest BCUT2D eigenvalue weighted by molar-refractivity contribution is 6.31. The first-order chi connectivity index (χ1) is 12.0. The molecule has 3 rings (SSSR count). The van der Waals surface area contributed by atoms with E-state index in [1.807, 2.05) is 44.3 Å². The number of carbonyl (C=O) groups is 1. The fraction of sp³-hybridized carbons (Fsp3) is 0.474. The van der Waals surface area contributed by atoms with Gasteiger partial charge in [-0.25, -0.2) is 0 Å². The Hall–Kier alpha value is -1.85. The number of rotatable bonds is 6. The number of nitrogens with one attached hydrogen (secondary N) is 1. The van der Waals surface area contributed by atoms with Crippen LogP contribution in [0.2, 0.25) is 5.02 Å². The maximum absolute atomic E-state index is 12.6. The lowest BCUT2D eigenvalue weighted by molar-refractivity contribution is -0.118. The van der Waals surface area contributed by atoms with Crippen LogP contribution in [0.1, 0.15) is 36.9 Å². The van der Waals surface area contributed by atoms with Crippen molar-refractivity contribution in [3.05, 3.63) is 46.6 Å². The van der Waals surface area contributed by atoms with Gasteiger partial charge in [0.25, 0.3) is 0 Å². The Morgan fingerprint density at radius 1 is 1.36 bits per heavy atom. The number of aromatic nitrogens is 2. The second-order valence-corrected chi connectivity index (χ2v) is 7.18. The number of hydrogen-bond acceptors (Lipinski definition) is 3. The van der Waals surface area contributed by atoms with Gasteiger partial charge in [-0.05, 0) is 31.4 Å². The Bertz CT molecular complexity index is 737. The third-order valence-electron chi connectivity index (χ3n) is 4.79. The molecule has 1 aromatic heterocycles. The number of hydrogen-bond donors (Lipinski definition) is 1. The summed E-state index contributed by atoms with van der Waals surface area (Å²) in [6.45, 7) is 2.97. The predicted octanol–water partition coefficient (Wildman–Crippen LogP) is 3.77. The maximum Gasteiger partial charge on any atom is 0.239 e. The van der Waals surface area contributed by atoms with Gasteiger partial charge in [0.15, 0.2) is 0 Å². The average molecular weight is 361 g/mol. The van der Waals surface area contributed by atoms with Crippen molar-refractivity contribution >= 4 is 23.3 Å². The molecule has 0 radical (unpaired) electrons. The van der Waals surface area contributed by atoms with E-state index in [1.165, 1.54) is 12.8 Å². The molecule has 134 valence electrons. The van der Waals surface area contributed by atoms with Crippen molar-refractivity contribution < 1.29 is 4.79 Å². The van der Waals surface area contributed by atoms with E-state index in [9.17, 15) is 4.79 Å². The molecule has 0 unspecified atom stereocenters. The molecule has 0 saturated heterocycles. The van der Waals surface area contributed by atoms with E-state index in [0.29, 0.717) is 19.1 Å². The number of anilines is 1. The number of amides is 1. The molecule has 1 aliphatic carbocycles. The van der Waals surface area contributed by atoms with Crippen LogP contribution in [0.4, 0.5) is 5.82 Å². The molecule has 0 spiro atoms. The molecule has 6 heteroatoms. The largest absolute Gasteiger partial charge is 0.310 e. The highest BCUT2D eigenvalue weighted by atomic mass is 35.5. The summed E-state index contributed by atoms with van der Waals surface area (Å²) in [7, 11) is 1.83. The highest BCUT2D eigenvalue weighted by Gasteiger charge is 2.25. The zero-order valence-corrected chi connectivity index (χ0v) is 15.6. The molecule has 0 bridgehead atoms. The van der Waals surface area contributed by atoms with Gasteiger partial charge in [0.1, 0.15) is 5.82 Å². The van der Waals surface area contributed by atoms with Crippen molar-refractivity contribution in [1.82, 2.24) is 14.7 Å². The molecule has 1 N–H and O–H groups in total. The van der Waals surface area contributed by atoms with Crippen LogP contribution < -0.4 is 5.32 Å².